The Bertz CT molecular complexity index is 907. The highest BCUT2D eigenvalue weighted by Gasteiger charge is 2.39. The Kier molecular flexibility index (Phi) is 6.22. The minimum absolute atomic E-state index is 0.560. The number of nitrogens with zero attached hydrogens (tertiary/aromatic N) is 2. The zero-order valence-corrected chi connectivity index (χ0v) is 18.5. The first kappa shape index (κ1) is 21.5. The molecule has 5 heteroatoms. The molecule has 158 valence electrons. The minimum Gasteiger partial charge on any atom is -0.496 e. The van der Waals surface area contributed by atoms with Crippen LogP contribution in [-0.4, -0.2) is 47.5 Å². The fraction of sp³-hybridized carbons (Fsp3) is 0.280. The summed E-state index contributed by atoms with van der Waals surface area (Å²) in [6.07, 6.45) is 0. The molecule has 30 heavy (non-hydrogen) atoms. The second-order valence-corrected chi connectivity index (χ2v) is 7.63. The molecular weight excluding hydrogens is 376 g/mol. The highest BCUT2D eigenvalue weighted by Crippen LogP contribution is 2.46. The molecule has 0 heterocycles. The molecule has 0 aromatic heterocycles. The second kappa shape index (κ2) is 8.67. The number of methoxy groups -OCH3 is 2. The highest BCUT2D eigenvalue weighted by atomic mass is 16.5. The molecule has 0 aliphatic rings. The number of rotatable bonds is 7. The number of anilines is 2. The van der Waals surface area contributed by atoms with Crippen molar-refractivity contribution in [1.29, 1.82) is 0 Å². The third kappa shape index (κ3) is 3.81. The van der Waals surface area contributed by atoms with E-state index in [4.69, 9.17) is 9.47 Å². The first-order valence-electron chi connectivity index (χ1n) is 9.82. The maximum Gasteiger partial charge on any atom is 0.147 e. The van der Waals surface area contributed by atoms with Gasteiger partial charge in [0.25, 0.3) is 0 Å². The van der Waals surface area contributed by atoms with E-state index < -0.39 is 5.60 Å². The predicted molar refractivity (Wildman–Crippen MR) is 123 cm³/mol. The summed E-state index contributed by atoms with van der Waals surface area (Å²) in [4.78, 5) is 4.05. The monoisotopic (exact) mass is 406 g/mol. The lowest BCUT2D eigenvalue weighted by Crippen LogP contribution is -2.30. The summed E-state index contributed by atoms with van der Waals surface area (Å²) < 4.78 is 11.3. The van der Waals surface area contributed by atoms with Crippen LogP contribution in [0.15, 0.2) is 66.7 Å². The Morgan fingerprint density at radius 1 is 0.633 bits per heavy atom. The van der Waals surface area contributed by atoms with E-state index in [-0.39, 0.29) is 0 Å². The Morgan fingerprint density at radius 3 is 1.30 bits per heavy atom. The highest BCUT2D eigenvalue weighted by molar-refractivity contribution is 5.61. The SMILES string of the molecule is COc1cccc(OC)c1C(O)(c1ccc(N(C)C)cc1)c1ccc(N(C)C)cc1. The van der Waals surface area contributed by atoms with Crippen LogP contribution in [0.4, 0.5) is 11.4 Å². The lowest BCUT2D eigenvalue weighted by Gasteiger charge is -2.33. The van der Waals surface area contributed by atoms with Crippen LogP contribution >= 0.6 is 0 Å². The van der Waals surface area contributed by atoms with Crippen LogP contribution in [0.5, 0.6) is 11.5 Å². The van der Waals surface area contributed by atoms with Crippen molar-refractivity contribution in [2.45, 2.75) is 5.60 Å². The molecule has 3 aromatic carbocycles. The van der Waals surface area contributed by atoms with Crippen LogP contribution in [0.3, 0.4) is 0 Å². The number of hydrogen-bond acceptors (Lipinski definition) is 5. The smallest absolute Gasteiger partial charge is 0.147 e. The zero-order chi connectivity index (χ0) is 21.9. The molecule has 0 saturated heterocycles. The van der Waals surface area contributed by atoms with Crippen molar-refractivity contribution >= 4 is 11.4 Å². The van der Waals surface area contributed by atoms with E-state index in [0.29, 0.717) is 17.1 Å². The van der Waals surface area contributed by atoms with Crippen molar-refractivity contribution in [3.8, 4) is 11.5 Å². The molecule has 1 N–H and O–H groups in total. The van der Waals surface area contributed by atoms with E-state index in [2.05, 4.69) is 0 Å². The van der Waals surface area contributed by atoms with Gasteiger partial charge in [0.15, 0.2) is 0 Å². The quantitative estimate of drug-likeness (QED) is 0.598. The third-order valence-corrected chi connectivity index (χ3v) is 5.39. The molecule has 0 spiro atoms. The molecule has 0 aliphatic heterocycles. The van der Waals surface area contributed by atoms with E-state index in [0.717, 1.165) is 22.5 Å². The fourth-order valence-electron chi connectivity index (χ4n) is 3.66. The van der Waals surface area contributed by atoms with Gasteiger partial charge in [-0.3, -0.25) is 0 Å². The summed E-state index contributed by atoms with van der Waals surface area (Å²) in [5.41, 5.74) is 2.67. The number of aliphatic hydroxyl groups is 1. The first-order valence-corrected chi connectivity index (χ1v) is 9.82. The van der Waals surface area contributed by atoms with Gasteiger partial charge in [-0.05, 0) is 47.5 Å². The molecule has 0 radical (unpaired) electrons. The summed E-state index contributed by atoms with van der Waals surface area (Å²) in [6.45, 7) is 0. The Balaban J connectivity index is 2.29. The minimum atomic E-state index is -1.46. The largest absolute Gasteiger partial charge is 0.496 e. The van der Waals surface area contributed by atoms with E-state index in [1.807, 2.05) is 105 Å². The van der Waals surface area contributed by atoms with E-state index in [9.17, 15) is 5.11 Å². The lowest BCUT2D eigenvalue weighted by atomic mass is 9.79. The second-order valence-electron chi connectivity index (χ2n) is 7.63. The van der Waals surface area contributed by atoms with E-state index in [1.54, 1.807) is 14.2 Å². The third-order valence-electron chi connectivity index (χ3n) is 5.39. The first-order chi connectivity index (χ1) is 14.3. The Hall–Kier alpha value is -3.18. The van der Waals surface area contributed by atoms with Crippen LogP contribution in [0.1, 0.15) is 16.7 Å². The zero-order valence-electron chi connectivity index (χ0n) is 18.5. The van der Waals surface area contributed by atoms with Crippen molar-refractivity contribution in [2.24, 2.45) is 0 Å². The summed E-state index contributed by atoms with van der Waals surface area (Å²) in [5, 5.41) is 12.3. The molecule has 0 amide bonds. The summed E-state index contributed by atoms with van der Waals surface area (Å²) in [6, 6.07) is 21.3. The van der Waals surface area contributed by atoms with Crippen molar-refractivity contribution < 1.29 is 14.6 Å². The number of ether oxygens (including phenoxy) is 2. The van der Waals surface area contributed by atoms with Gasteiger partial charge in [-0.1, -0.05) is 30.3 Å². The maximum atomic E-state index is 12.3. The molecule has 5 nitrogen and oxygen atoms in total. The number of hydrogen-bond donors (Lipinski definition) is 1. The van der Waals surface area contributed by atoms with Gasteiger partial charge in [0.2, 0.25) is 0 Å². The van der Waals surface area contributed by atoms with Gasteiger partial charge in [-0.15, -0.1) is 0 Å². The molecule has 0 aliphatic carbocycles. The van der Waals surface area contributed by atoms with Gasteiger partial charge in [0.05, 0.1) is 19.8 Å². The van der Waals surface area contributed by atoms with Crippen LogP contribution in [0.25, 0.3) is 0 Å². The van der Waals surface area contributed by atoms with Crippen LogP contribution in [0, 0.1) is 0 Å². The van der Waals surface area contributed by atoms with Gasteiger partial charge in [0, 0.05) is 39.6 Å². The summed E-state index contributed by atoms with van der Waals surface area (Å²) >= 11 is 0. The Morgan fingerprint density at radius 2 is 1.00 bits per heavy atom. The van der Waals surface area contributed by atoms with Crippen LogP contribution in [-0.2, 0) is 5.60 Å². The molecule has 0 atom stereocenters. The van der Waals surface area contributed by atoms with Crippen molar-refractivity contribution in [1.82, 2.24) is 0 Å². The molecule has 0 fully saturated rings. The lowest BCUT2D eigenvalue weighted by molar-refractivity contribution is 0.118. The molecule has 3 aromatic rings. The molecule has 3 rings (SSSR count). The standard InChI is InChI=1S/C25H30N2O3/c1-26(2)20-14-10-18(11-15-20)25(28,19-12-16-21(17-13-19)27(3)4)24-22(29-5)8-7-9-23(24)30-6/h7-17,28H,1-6H3. The average Bonchev–Trinajstić information content (AvgIpc) is 2.78. The summed E-state index contributed by atoms with van der Waals surface area (Å²) in [5.74, 6) is 1.12. The predicted octanol–water partition coefficient (Wildman–Crippen LogP) is 4.12. The molecule has 0 unspecified atom stereocenters. The van der Waals surface area contributed by atoms with Gasteiger partial charge in [-0.2, -0.15) is 0 Å². The topological polar surface area (TPSA) is 45.2 Å². The molecule has 0 bridgehead atoms. The number of benzene rings is 3. The van der Waals surface area contributed by atoms with Gasteiger partial charge < -0.3 is 24.4 Å². The normalized spacial score (nSPS) is 11.2. The van der Waals surface area contributed by atoms with Crippen molar-refractivity contribution in [2.75, 3.05) is 52.2 Å². The summed E-state index contributed by atoms with van der Waals surface area (Å²) in [7, 11) is 11.2. The Labute approximate surface area is 179 Å². The fourth-order valence-corrected chi connectivity index (χ4v) is 3.66. The van der Waals surface area contributed by atoms with Crippen molar-refractivity contribution in [3.63, 3.8) is 0 Å². The van der Waals surface area contributed by atoms with Crippen LogP contribution < -0.4 is 19.3 Å². The van der Waals surface area contributed by atoms with Gasteiger partial charge >= 0.3 is 0 Å². The molecule has 0 saturated carbocycles. The van der Waals surface area contributed by atoms with Gasteiger partial charge in [0.1, 0.15) is 17.1 Å². The van der Waals surface area contributed by atoms with Crippen LogP contribution in [0.2, 0.25) is 0 Å². The van der Waals surface area contributed by atoms with E-state index >= 15 is 0 Å². The molecular formula is C25H30N2O3. The van der Waals surface area contributed by atoms with Gasteiger partial charge in [-0.25, -0.2) is 0 Å². The maximum absolute atomic E-state index is 12.3. The van der Waals surface area contributed by atoms with E-state index in [1.165, 1.54) is 0 Å². The van der Waals surface area contributed by atoms with Crippen molar-refractivity contribution in [3.05, 3.63) is 83.4 Å². The average molecular weight is 407 g/mol.